The molecule has 2 aromatic carbocycles. The number of carbonyl (C=O) groups is 1. The fourth-order valence-corrected chi connectivity index (χ4v) is 3.72. The van der Waals surface area contributed by atoms with Gasteiger partial charge in [0.15, 0.2) is 9.84 Å². The van der Waals surface area contributed by atoms with Gasteiger partial charge in [0.25, 0.3) is 5.91 Å². The highest BCUT2D eigenvalue weighted by atomic mass is 32.2. The van der Waals surface area contributed by atoms with Gasteiger partial charge < -0.3 is 10.2 Å². The minimum atomic E-state index is -3.46. The van der Waals surface area contributed by atoms with Gasteiger partial charge in [0.05, 0.1) is 16.2 Å². The van der Waals surface area contributed by atoms with Crippen molar-refractivity contribution >= 4 is 27.1 Å². The normalized spacial score (nSPS) is 11.2. The summed E-state index contributed by atoms with van der Waals surface area (Å²) in [6.45, 7) is 7.56. The molecule has 0 spiro atoms. The van der Waals surface area contributed by atoms with Crippen LogP contribution >= 0.6 is 0 Å². The molecule has 0 saturated heterocycles. The van der Waals surface area contributed by atoms with Crippen molar-refractivity contribution in [3.8, 4) is 0 Å². The number of rotatable bonds is 7. The van der Waals surface area contributed by atoms with Gasteiger partial charge in [-0.2, -0.15) is 0 Å². The summed E-state index contributed by atoms with van der Waals surface area (Å²) in [6.07, 6.45) is 0. The lowest BCUT2D eigenvalue weighted by Gasteiger charge is -2.21. The predicted octanol–water partition coefficient (Wildman–Crippen LogP) is 3.58. The number of benzene rings is 2. The Labute approximate surface area is 149 Å². The molecule has 1 N–H and O–H groups in total. The summed E-state index contributed by atoms with van der Waals surface area (Å²) in [4.78, 5) is 14.8. The molecule has 25 heavy (non-hydrogen) atoms. The topological polar surface area (TPSA) is 66.5 Å². The van der Waals surface area contributed by atoms with E-state index in [1.165, 1.54) is 12.1 Å². The first-order valence-electron chi connectivity index (χ1n) is 8.41. The highest BCUT2D eigenvalue weighted by molar-refractivity contribution is 7.91. The molecular weight excluding hydrogens is 336 g/mol. The van der Waals surface area contributed by atoms with E-state index in [2.05, 4.69) is 24.1 Å². The zero-order valence-corrected chi connectivity index (χ0v) is 15.6. The molecule has 0 aliphatic heterocycles. The van der Waals surface area contributed by atoms with E-state index in [0.717, 1.165) is 18.8 Å². The number of nitrogens with zero attached hydrogens (tertiary/aromatic N) is 1. The van der Waals surface area contributed by atoms with Crippen molar-refractivity contribution in [1.82, 2.24) is 0 Å². The second kappa shape index (κ2) is 8.16. The molecule has 134 valence electrons. The summed E-state index contributed by atoms with van der Waals surface area (Å²) in [5.74, 6) is -0.473. The minimum Gasteiger partial charge on any atom is -0.372 e. The molecule has 0 saturated carbocycles. The minimum absolute atomic E-state index is 0.0458. The molecule has 0 fully saturated rings. The Morgan fingerprint density at radius 1 is 0.960 bits per heavy atom. The number of hydrogen-bond donors (Lipinski definition) is 1. The monoisotopic (exact) mass is 360 g/mol. The third kappa shape index (κ3) is 4.39. The second-order valence-electron chi connectivity index (χ2n) is 5.57. The van der Waals surface area contributed by atoms with E-state index in [0.29, 0.717) is 5.69 Å². The Bertz CT molecular complexity index is 826. The van der Waals surface area contributed by atoms with E-state index in [-0.39, 0.29) is 16.2 Å². The van der Waals surface area contributed by atoms with Gasteiger partial charge in [-0.15, -0.1) is 0 Å². The van der Waals surface area contributed by atoms with E-state index in [4.69, 9.17) is 0 Å². The maximum atomic E-state index is 12.5. The molecule has 0 aromatic heterocycles. The molecule has 2 rings (SSSR count). The number of anilines is 2. The summed E-state index contributed by atoms with van der Waals surface area (Å²) >= 11 is 0. The molecule has 0 unspecified atom stereocenters. The van der Waals surface area contributed by atoms with Crippen molar-refractivity contribution in [2.45, 2.75) is 25.7 Å². The molecule has 0 bridgehead atoms. The van der Waals surface area contributed by atoms with Gasteiger partial charge in [-0.1, -0.05) is 19.1 Å². The van der Waals surface area contributed by atoms with E-state index in [1.807, 2.05) is 24.3 Å². The van der Waals surface area contributed by atoms with Crippen molar-refractivity contribution < 1.29 is 13.2 Å². The van der Waals surface area contributed by atoms with E-state index in [9.17, 15) is 13.2 Å². The van der Waals surface area contributed by atoms with E-state index < -0.39 is 15.7 Å². The molecule has 0 heterocycles. The van der Waals surface area contributed by atoms with Crippen molar-refractivity contribution in [1.29, 1.82) is 0 Å². The molecule has 0 aliphatic rings. The number of amides is 1. The number of hydrogen-bond acceptors (Lipinski definition) is 4. The highest BCUT2D eigenvalue weighted by Crippen LogP contribution is 2.21. The Kier molecular flexibility index (Phi) is 6.20. The SMILES string of the molecule is CCN(CC)c1ccc(NC(=O)c2ccccc2S(=O)(=O)CC)cc1. The Morgan fingerprint density at radius 3 is 2.12 bits per heavy atom. The quantitative estimate of drug-likeness (QED) is 0.819. The van der Waals surface area contributed by atoms with Gasteiger partial charge >= 0.3 is 0 Å². The van der Waals surface area contributed by atoms with Crippen LogP contribution in [0.4, 0.5) is 11.4 Å². The number of sulfone groups is 1. The van der Waals surface area contributed by atoms with Crippen LogP contribution in [0.1, 0.15) is 31.1 Å². The smallest absolute Gasteiger partial charge is 0.256 e. The van der Waals surface area contributed by atoms with Crippen molar-refractivity contribution in [2.75, 3.05) is 29.1 Å². The van der Waals surface area contributed by atoms with Crippen molar-refractivity contribution in [3.63, 3.8) is 0 Å². The molecular formula is C19H24N2O3S. The standard InChI is InChI=1S/C19H24N2O3S/c1-4-21(5-2)16-13-11-15(12-14-16)20-19(22)17-9-7-8-10-18(17)25(23,24)6-3/h7-14H,4-6H2,1-3H3,(H,20,22). The van der Waals surface area contributed by atoms with Gasteiger partial charge in [0.1, 0.15) is 0 Å². The lowest BCUT2D eigenvalue weighted by Crippen LogP contribution is -2.21. The Hall–Kier alpha value is -2.34. The molecule has 0 atom stereocenters. The predicted molar refractivity (Wildman–Crippen MR) is 102 cm³/mol. The highest BCUT2D eigenvalue weighted by Gasteiger charge is 2.20. The Balaban J connectivity index is 2.24. The van der Waals surface area contributed by atoms with Crippen LogP contribution in [0.5, 0.6) is 0 Å². The molecule has 0 aliphatic carbocycles. The van der Waals surface area contributed by atoms with Gasteiger partial charge in [-0.25, -0.2) is 8.42 Å². The third-order valence-electron chi connectivity index (χ3n) is 4.10. The first-order chi connectivity index (χ1) is 11.9. The summed E-state index contributed by atoms with van der Waals surface area (Å²) in [6, 6.07) is 13.8. The van der Waals surface area contributed by atoms with Crippen molar-refractivity contribution in [3.05, 3.63) is 54.1 Å². The largest absolute Gasteiger partial charge is 0.372 e. The van der Waals surface area contributed by atoms with Crippen LogP contribution in [0.3, 0.4) is 0 Å². The average molecular weight is 360 g/mol. The molecule has 6 heteroatoms. The first kappa shape index (κ1) is 19.0. The second-order valence-corrected chi connectivity index (χ2v) is 7.82. The lowest BCUT2D eigenvalue weighted by molar-refractivity contribution is 0.102. The lowest BCUT2D eigenvalue weighted by atomic mass is 10.2. The fourth-order valence-electron chi connectivity index (χ4n) is 2.62. The van der Waals surface area contributed by atoms with Crippen LogP contribution in [0.25, 0.3) is 0 Å². The zero-order chi connectivity index (χ0) is 18.4. The maximum Gasteiger partial charge on any atom is 0.256 e. The van der Waals surface area contributed by atoms with E-state index >= 15 is 0 Å². The van der Waals surface area contributed by atoms with Gasteiger partial charge in [-0.05, 0) is 50.2 Å². The molecule has 2 aromatic rings. The third-order valence-corrected chi connectivity index (χ3v) is 5.89. The average Bonchev–Trinajstić information content (AvgIpc) is 2.64. The summed E-state index contributed by atoms with van der Waals surface area (Å²) in [5, 5.41) is 2.78. The Morgan fingerprint density at radius 2 is 1.56 bits per heavy atom. The summed E-state index contributed by atoms with van der Waals surface area (Å²) in [5.41, 5.74) is 1.87. The first-order valence-corrected chi connectivity index (χ1v) is 10.1. The van der Waals surface area contributed by atoms with Crippen molar-refractivity contribution in [2.24, 2.45) is 0 Å². The van der Waals surface area contributed by atoms with Crippen LogP contribution in [0.2, 0.25) is 0 Å². The number of nitrogens with one attached hydrogen (secondary N) is 1. The van der Waals surface area contributed by atoms with Gasteiger partial charge in [0.2, 0.25) is 0 Å². The van der Waals surface area contributed by atoms with Crippen LogP contribution in [-0.4, -0.2) is 33.2 Å². The van der Waals surface area contributed by atoms with Crippen LogP contribution in [0.15, 0.2) is 53.4 Å². The molecule has 0 radical (unpaired) electrons. The molecule has 5 nitrogen and oxygen atoms in total. The van der Waals surface area contributed by atoms with Gasteiger partial charge in [-0.3, -0.25) is 4.79 Å². The van der Waals surface area contributed by atoms with E-state index in [1.54, 1.807) is 19.1 Å². The summed E-state index contributed by atoms with van der Waals surface area (Å²) in [7, 11) is -3.46. The maximum absolute atomic E-state index is 12.5. The van der Waals surface area contributed by atoms with Gasteiger partial charge in [0, 0.05) is 24.5 Å². The molecule has 1 amide bonds. The zero-order valence-electron chi connectivity index (χ0n) is 14.8. The fraction of sp³-hybridized carbons (Fsp3) is 0.316. The van der Waals surface area contributed by atoms with Crippen LogP contribution in [0, 0.1) is 0 Å². The number of carbonyl (C=O) groups excluding carboxylic acids is 1. The van der Waals surface area contributed by atoms with Crippen LogP contribution in [-0.2, 0) is 9.84 Å². The summed E-state index contributed by atoms with van der Waals surface area (Å²) < 4.78 is 24.4. The van der Waals surface area contributed by atoms with Crippen LogP contribution < -0.4 is 10.2 Å².